The maximum atomic E-state index is 11.8. The van der Waals surface area contributed by atoms with Crippen LogP contribution in [0.25, 0.3) is 0 Å². The van der Waals surface area contributed by atoms with Gasteiger partial charge in [-0.15, -0.1) is 0 Å². The molecule has 0 aliphatic carbocycles. The molecule has 0 atom stereocenters. The summed E-state index contributed by atoms with van der Waals surface area (Å²) in [6.07, 6.45) is 2.39. The lowest BCUT2D eigenvalue weighted by Gasteiger charge is -2.07. The van der Waals surface area contributed by atoms with Crippen molar-refractivity contribution in [1.29, 1.82) is 0 Å². The van der Waals surface area contributed by atoms with Crippen LogP contribution >= 0.6 is 15.9 Å². The van der Waals surface area contributed by atoms with Crippen molar-refractivity contribution in [3.05, 3.63) is 69.1 Å². The molecule has 0 aliphatic rings. The number of aromatic nitrogens is 1. The monoisotopic (exact) mass is 334 g/mol. The summed E-state index contributed by atoms with van der Waals surface area (Å²) in [4.78, 5) is 23.3. The predicted molar refractivity (Wildman–Crippen MR) is 81.6 cm³/mol. The van der Waals surface area contributed by atoms with E-state index in [-0.39, 0.29) is 18.0 Å². The molecule has 0 radical (unpaired) electrons. The van der Waals surface area contributed by atoms with E-state index in [2.05, 4.69) is 21.2 Å². The highest BCUT2D eigenvalue weighted by atomic mass is 79.9. The smallest absolute Gasteiger partial charge is 0.251 e. The number of pyridine rings is 1. The van der Waals surface area contributed by atoms with E-state index in [0.717, 1.165) is 10.9 Å². The minimum atomic E-state index is -0.189. The lowest BCUT2D eigenvalue weighted by molar-refractivity contribution is -0.121. The van der Waals surface area contributed by atoms with Gasteiger partial charge in [-0.2, -0.15) is 0 Å². The number of nitrogens with one attached hydrogen (secondary N) is 1. The van der Waals surface area contributed by atoms with Gasteiger partial charge in [-0.3, -0.25) is 9.59 Å². The Bertz CT molecular complexity index is 638. The van der Waals surface area contributed by atoms with Crippen molar-refractivity contribution in [2.24, 2.45) is 0 Å². The SMILES string of the molecule is O=C(Cn1cc(Br)ccc1=O)NCCc1ccccc1. The van der Waals surface area contributed by atoms with E-state index < -0.39 is 0 Å². The Balaban J connectivity index is 1.84. The van der Waals surface area contributed by atoms with Crippen LogP contribution < -0.4 is 10.9 Å². The third kappa shape index (κ3) is 4.35. The van der Waals surface area contributed by atoms with E-state index in [1.807, 2.05) is 30.3 Å². The second-order valence-electron chi connectivity index (χ2n) is 4.40. The molecular weight excluding hydrogens is 320 g/mol. The van der Waals surface area contributed by atoms with Gasteiger partial charge < -0.3 is 9.88 Å². The first-order valence-electron chi connectivity index (χ1n) is 6.32. The van der Waals surface area contributed by atoms with Crippen molar-refractivity contribution >= 4 is 21.8 Å². The number of carbonyl (C=O) groups excluding carboxylic acids is 1. The van der Waals surface area contributed by atoms with Crippen molar-refractivity contribution in [2.75, 3.05) is 6.54 Å². The molecule has 0 fully saturated rings. The number of nitrogens with zero attached hydrogens (tertiary/aromatic N) is 1. The molecule has 1 heterocycles. The first-order chi connectivity index (χ1) is 9.65. The van der Waals surface area contributed by atoms with Crippen LogP contribution in [0, 0.1) is 0 Å². The minimum absolute atomic E-state index is 0.0348. The summed E-state index contributed by atoms with van der Waals surface area (Å²) in [5.74, 6) is -0.166. The molecule has 2 rings (SSSR count). The normalized spacial score (nSPS) is 10.2. The molecule has 0 saturated heterocycles. The van der Waals surface area contributed by atoms with Crippen molar-refractivity contribution in [3.8, 4) is 0 Å². The molecule has 0 bridgehead atoms. The molecule has 1 amide bonds. The molecule has 0 aliphatic heterocycles. The number of hydrogen-bond donors (Lipinski definition) is 1. The Morgan fingerprint density at radius 2 is 1.90 bits per heavy atom. The number of hydrogen-bond acceptors (Lipinski definition) is 2. The van der Waals surface area contributed by atoms with Crippen molar-refractivity contribution < 1.29 is 4.79 Å². The number of benzene rings is 1. The number of amides is 1. The number of halogens is 1. The quantitative estimate of drug-likeness (QED) is 0.908. The number of carbonyl (C=O) groups is 1. The lowest BCUT2D eigenvalue weighted by atomic mass is 10.1. The summed E-state index contributed by atoms with van der Waals surface area (Å²) < 4.78 is 2.15. The number of rotatable bonds is 5. The maximum absolute atomic E-state index is 11.8. The molecule has 1 aromatic carbocycles. The van der Waals surface area contributed by atoms with Gasteiger partial charge in [0.15, 0.2) is 0 Å². The van der Waals surface area contributed by atoms with Crippen LogP contribution in [0.15, 0.2) is 57.9 Å². The lowest BCUT2D eigenvalue weighted by Crippen LogP contribution is -2.32. The molecule has 0 saturated carbocycles. The van der Waals surface area contributed by atoms with E-state index in [1.54, 1.807) is 12.3 Å². The Morgan fingerprint density at radius 3 is 2.65 bits per heavy atom. The van der Waals surface area contributed by atoms with Crippen molar-refractivity contribution in [3.63, 3.8) is 0 Å². The molecule has 104 valence electrons. The molecule has 5 heteroatoms. The van der Waals surface area contributed by atoms with E-state index >= 15 is 0 Å². The summed E-state index contributed by atoms with van der Waals surface area (Å²) >= 11 is 3.28. The van der Waals surface area contributed by atoms with Crippen LogP contribution in [0.3, 0.4) is 0 Å². The van der Waals surface area contributed by atoms with Gasteiger partial charge in [-0.1, -0.05) is 30.3 Å². The van der Waals surface area contributed by atoms with Gasteiger partial charge in [0, 0.05) is 23.3 Å². The molecule has 0 unspecified atom stereocenters. The zero-order valence-corrected chi connectivity index (χ0v) is 12.5. The molecule has 0 spiro atoms. The van der Waals surface area contributed by atoms with Gasteiger partial charge in [0.05, 0.1) is 0 Å². The summed E-state index contributed by atoms with van der Waals surface area (Å²) in [5, 5.41) is 2.81. The fraction of sp³-hybridized carbons (Fsp3) is 0.200. The highest BCUT2D eigenvalue weighted by molar-refractivity contribution is 9.10. The summed E-state index contributed by atoms with van der Waals surface area (Å²) in [7, 11) is 0. The van der Waals surface area contributed by atoms with Gasteiger partial charge in [0.1, 0.15) is 6.54 Å². The van der Waals surface area contributed by atoms with Crippen molar-refractivity contribution in [2.45, 2.75) is 13.0 Å². The fourth-order valence-electron chi connectivity index (χ4n) is 1.83. The standard InChI is InChI=1S/C15H15BrN2O2/c16-13-6-7-15(20)18(10-13)11-14(19)17-9-8-12-4-2-1-3-5-12/h1-7,10H,8-9,11H2,(H,17,19). The largest absolute Gasteiger partial charge is 0.354 e. The molecule has 20 heavy (non-hydrogen) atoms. The van der Waals surface area contributed by atoms with E-state index in [4.69, 9.17) is 0 Å². The predicted octanol–water partition coefficient (Wildman–Crippen LogP) is 1.97. The molecule has 4 nitrogen and oxygen atoms in total. The Hall–Kier alpha value is -1.88. The molecular formula is C15H15BrN2O2. The van der Waals surface area contributed by atoms with E-state index in [9.17, 15) is 9.59 Å². The highest BCUT2D eigenvalue weighted by Gasteiger charge is 2.04. The fourth-order valence-corrected chi connectivity index (χ4v) is 2.21. The second-order valence-corrected chi connectivity index (χ2v) is 5.31. The van der Waals surface area contributed by atoms with Crippen molar-refractivity contribution in [1.82, 2.24) is 9.88 Å². The molecule has 1 aromatic heterocycles. The zero-order valence-electron chi connectivity index (χ0n) is 10.9. The van der Waals surface area contributed by atoms with Gasteiger partial charge >= 0.3 is 0 Å². The van der Waals surface area contributed by atoms with Gasteiger partial charge in [0.25, 0.3) is 5.56 Å². The van der Waals surface area contributed by atoms with Crippen LogP contribution in [0.4, 0.5) is 0 Å². The highest BCUT2D eigenvalue weighted by Crippen LogP contribution is 2.04. The van der Waals surface area contributed by atoms with Crippen LogP contribution in [0.5, 0.6) is 0 Å². The Labute approximate surface area is 125 Å². The Kier molecular flexibility index (Phi) is 5.12. The van der Waals surface area contributed by atoms with Crippen LogP contribution in [-0.2, 0) is 17.8 Å². The average molecular weight is 335 g/mol. The maximum Gasteiger partial charge on any atom is 0.251 e. The summed E-state index contributed by atoms with van der Waals surface area (Å²) in [6.45, 7) is 0.596. The second kappa shape index (κ2) is 7.05. The minimum Gasteiger partial charge on any atom is -0.354 e. The molecule has 2 aromatic rings. The van der Waals surface area contributed by atoms with Crippen LogP contribution in [-0.4, -0.2) is 17.0 Å². The third-order valence-electron chi connectivity index (χ3n) is 2.84. The molecule has 1 N–H and O–H groups in total. The van der Waals surface area contributed by atoms with Gasteiger partial charge in [-0.25, -0.2) is 0 Å². The first kappa shape index (κ1) is 14.5. The zero-order chi connectivity index (χ0) is 14.4. The van der Waals surface area contributed by atoms with Crippen LogP contribution in [0.1, 0.15) is 5.56 Å². The van der Waals surface area contributed by atoms with Gasteiger partial charge in [-0.05, 0) is 34.0 Å². The van der Waals surface area contributed by atoms with Gasteiger partial charge in [0.2, 0.25) is 5.91 Å². The first-order valence-corrected chi connectivity index (χ1v) is 7.11. The Morgan fingerprint density at radius 1 is 1.15 bits per heavy atom. The van der Waals surface area contributed by atoms with E-state index in [0.29, 0.717) is 6.54 Å². The third-order valence-corrected chi connectivity index (χ3v) is 3.31. The average Bonchev–Trinajstić information content (AvgIpc) is 2.44. The summed E-state index contributed by atoms with van der Waals surface area (Å²) in [5.41, 5.74) is 0.985. The topological polar surface area (TPSA) is 51.1 Å². The summed E-state index contributed by atoms with van der Waals surface area (Å²) in [6, 6.07) is 13.0. The van der Waals surface area contributed by atoms with E-state index in [1.165, 1.54) is 16.2 Å². The van der Waals surface area contributed by atoms with Crippen LogP contribution in [0.2, 0.25) is 0 Å².